The zero-order valence-corrected chi connectivity index (χ0v) is 17.7. The van der Waals surface area contributed by atoms with Gasteiger partial charge < -0.3 is 10.2 Å². The fourth-order valence-corrected chi connectivity index (χ4v) is 5.48. The molecular formula is C16H22Cl3N3O3S. The lowest BCUT2D eigenvalue weighted by Crippen LogP contribution is -2.46. The maximum atomic E-state index is 13.0. The first-order chi connectivity index (χ1) is 12.1. The van der Waals surface area contributed by atoms with Crippen molar-refractivity contribution in [1.82, 2.24) is 14.5 Å². The summed E-state index contributed by atoms with van der Waals surface area (Å²) in [5, 5.41) is 3.07. The standard InChI is InChI=1S/C16H22Cl3N3O3S/c1-21(2)7-4-6-20-16(23)14-5-3-8-22(14)26(24,25)15-10-12(18)11(17)9-13(15)19/h9-10,14H,3-8H2,1-2H3,(H,20,23). The van der Waals surface area contributed by atoms with Gasteiger partial charge in [-0.2, -0.15) is 4.31 Å². The number of nitrogens with zero attached hydrogens (tertiary/aromatic N) is 2. The van der Waals surface area contributed by atoms with Crippen molar-refractivity contribution in [3.63, 3.8) is 0 Å². The van der Waals surface area contributed by atoms with Crippen molar-refractivity contribution in [3.8, 4) is 0 Å². The highest BCUT2D eigenvalue weighted by Gasteiger charge is 2.40. The summed E-state index contributed by atoms with van der Waals surface area (Å²) in [4.78, 5) is 14.4. The number of carbonyl (C=O) groups is 1. The van der Waals surface area contributed by atoms with E-state index < -0.39 is 16.1 Å². The van der Waals surface area contributed by atoms with Crippen molar-refractivity contribution >= 4 is 50.7 Å². The predicted molar refractivity (Wildman–Crippen MR) is 105 cm³/mol. The van der Waals surface area contributed by atoms with Crippen molar-refractivity contribution < 1.29 is 13.2 Å². The molecule has 0 aromatic heterocycles. The molecule has 1 aromatic rings. The SMILES string of the molecule is CN(C)CCCNC(=O)C1CCCN1S(=O)(=O)c1cc(Cl)c(Cl)cc1Cl. The van der Waals surface area contributed by atoms with Crippen molar-refractivity contribution in [1.29, 1.82) is 0 Å². The minimum Gasteiger partial charge on any atom is -0.355 e. The summed E-state index contributed by atoms with van der Waals surface area (Å²) < 4.78 is 27.2. The first-order valence-electron chi connectivity index (χ1n) is 8.23. The molecule has 0 bridgehead atoms. The second-order valence-corrected chi connectivity index (χ2v) is 9.50. The summed E-state index contributed by atoms with van der Waals surface area (Å²) in [5.41, 5.74) is 0. The highest BCUT2D eigenvalue weighted by atomic mass is 35.5. The van der Waals surface area contributed by atoms with Crippen LogP contribution < -0.4 is 5.32 Å². The van der Waals surface area contributed by atoms with Crippen LogP contribution in [0.4, 0.5) is 0 Å². The molecule has 1 N–H and O–H groups in total. The van der Waals surface area contributed by atoms with Gasteiger partial charge in [0.15, 0.2) is 0 Å². The molecule has 10 heteroatoms. The number of sulfonamides is 1. The Balaban J connectivity index is 2.15. The second kappa shape index (κ2) is 9.08. The average Bonchev–Trinajstić information content (AvgIpc) is 3.05. The summed E-state index contributed by atoms with van der Waals surface area (Å²) in [6.45, 7) is 1.59. The van der Waals surface area contributed by atoms with E-state index in [0.29, 0.717) is 19.4 Å². The molecule has 1 aliphatic rings. The number of rotatable bonds is 7. The van der Waals surface area contributed by atoms with Gasteiger partial charge in [-0.15, -0.1) is 0 Å². The molecule has 1 unspecified atom stereocenters. The molecule has 1 aromatic carbocycles. The van der Waals surface area contributed by atoms with Gasteiger partial charge in [0.2, 0.25) is 15.9 Å². The molecule has 146 valence electrons. The lowest BCUT2D eigenvalue weighted by Gasteiger charge is -2.24. The van der Waals surface area contributed by atoms with Crippen molar-refractivity contribution in [3.05, 3.63) is 27.2 Å². The Morgan fingerprint density at radius 2 is 1.88 bits per heavy atom. The minimum atomic E-state index is -3.96. The Labute approximate surface area is 169 Å². The van der Waals surface area contributed by atoms with Crippen molar-refractivity contribution in [2.75, 3.05) is 33.7 Å². The Hall–Kier alpha value is -0.570. The summed E-state index contributed by atoms with van der Waals surface area (Å²) in [6.07, 6.45) is 1.86. The van der Waals surface area contributed by atoms with E-state index in [0.717, 1.165) is 13.0 Å². The smallest absolute Gasteiger partial charge is 0.245 e. The Bertz CT molecular complexity index is 771. The van der Waals surface area contributed by atoms with Crippen LogP contribution in [0.2, 0.25) is 15.1 Å². The van der Waals surface area contributed by atoms with Gasteiger partial charge in [0.1, 0.15) is 10.9 Å². The third-order valence-corrected chi connectivity index (χ3v) is 7.24. The lowest BCUT2D eigenvalue weighted by atomic mass is 10.2. The molecule has 1 aliphatic heterocycles. The normalized spacial score (nSPS) is 18.5. The predicted octanol–water partition coefficient (Wildman–Crippen LogP) is 2.87. The molecule has 26 heavy (non-hydrogen) atoms. The Morgan fingerprint density at radius 3 is 2.54 bits per heavy atom. The van der Waals surface area contributed by atoms with Gasteiger partial charge in [0.25, 0.3) is 0 Å². The largest absolute Gasteiger partial charge is 0.355 e. The van der Waals surface area contributed by atoms with E-state index in [1.54, 1.807) is 0 Å². The third-order valence-electron chi connectivity index (χ3n) is 4.15. The third kappa shape index (κ3) is 5.03. The number of halogens is 3. The topological polar surface area (TPSA) is 69.7 Å². The maximum Gasteiger partial charge on any atom is 0.245 e. The van der Waals surface area contributed by atoms with Gasteiger partial charge in [0, 0.05) is 13.1 Å². The fourth-order valence-electron chi connectivity index (χ4n) is 2.84. The molecule has 1 heterocycles. The molecule has 0 saturated carbocycles. The summed E-state index contributed by atoms with van der Waals surface area (Å²) >= 11 is 17.9. The molecular weight excluding hydrogens is 421 g/mol. The zero-order valence-electron chi connectivity index (χ0n) is 14.6. The average molecular weight is 443 g/mol. The molecule has 6 nitrogen and oxygen atoms in total. The molecule has 1 saturated heterocycles. The van der Waals surface area contributed by atoms with Gasteiger partial charge in [-0.25, -0.2) is 8.42 Å². The van der Waals surface area contributed by atoms with Gasteiger partial charge in [0.05, 0.1) is 15.1 Å². The van der Waals surface area contributed by atoms with E-state index in [1.807, 2.05) is 19.0 Å². The number of nitrogens with one attached hydrogen (secondary N) is 1. The van der Waals surface area contributed by atoms with Gasteiger partial charge >= 0.3 is 0 Å². The van der Waals surface area contributed by atoms with Crippen LogP contribution in [0, 0.1) is 0 Å². The fraction of sp³-hybridized carbons (Fsp3) is 0.562. The van der Waals surface area contributed by atoms with Crippen LogP contribution in [-0.4, -0.2) is 63.3 Å². The molecule has 2 rings (SSSR count). The van der Waals surface area contributed by atoms with Crippen LogP contribution in [0.5, 0.6) is 0 Å². The second-order valence-electron chi connectivity index (χ2n) is 6.42. The highest BCUT2D eigenvalue weighted by molar-refractivity contribution is 7.89. The van der Waals surface area contributed by atoms with E-state index in [4.69, 9.17) is 34.8 Å². The number of hydrogen-bond donors (Lipinski definition) is 1. The highest BCUT2D eigenvalue weighted by Crippen LogP contribution is 2.35. The van der Waals surface area contributed by atoms with Crippen molar-refractivity contribution in [2.45, 2.75) is 30.2 Å². The Kier molecular flexibility index (Phi) is 7.59. The quantitative estimate of drug-likeness (QED) is 0.521. The monoisotopic (exact) mass is 441 g/mol. The summed E-state index contributed by atoms with van der Waals surface area (Å²) in [6, 6.07) is 1.78. The molecule has 1 amide bonds. The number of carbonyl (C=O) groups excluding carboxylic acids is 1. The summed E-state index contributed by atoms with van der Waals surface area (Å²) in [5.74, 6) is -0.291. The van der Waals surface area contributed by atoms with Gasteiger partial charge in [-0.3, -0.25) is 4.79 Å². The van der Waals surface area contributed by atoms with Crippen LogP contribution in [0.3, 0.4) is 0 Å². The Morgan fingerprint density at radius 1 is 1.23 bits per heavy atom. The van der Waals surface area contributed by atoms with Gasteiger partial charge in [-0.1, -0.05) is 34.8 Å². The first kappa shape index (κ1) is 21.7. The minimum absolute atomic E-state index is 0.0172. The van der Waals surface area contributed by atoms with Crippen LogP contribution >= 0.6 is 34.8 Å². The van der Waals surface area contributed by atoms with E-state index in [9.17, 15) is 13.2 Å². The van der Waals surface area contributed by atoms with E-state index in [1.165, 1.54) is 16.4 Å². The molecule has 0 spiro atoms. The number of hydrogen-bond acceptors (Lipinski definition) is 4. The number of amides is 1. The number of benzene rings is 1. The van der Waals surface area contributed by atoms with E-state index in [-0.39, 0.29) is 32.4 Å². The van der Waals surface area contributed by atoms with Crippen molar-refractivity contribution in [2.24, 2.45) is 0 Å². The van der Waals surface area contributed by atoms with Crippen LogP contribution in [-0.2, 0) is 14.8 Å². The van der Waals surface area contributed by atoms with Crippen LogP contribution in [0.1, 0.15) is 19.3 Å². The molecule has 0 aliphatic carbocycles. The van der Waals surface area contributed by atoms with Gasteiger partial charge in [-0.05, 0) is 52.0 Å². The molecule has 0 radical (unpaired) electrons. The maximum absolute atomic E-state index is 13.0. The van der Waals surface area contributed by atoms with Crippen LogP contribution in [0.15, 0.2) is 17.0 Å². The molecule has 1 atom stereocenters. The van der Waals surface area contributed by atoms with E-state index >= 15 is 0 Å². The van der Waals surface area contributed by atoms with Crippen LogP contribution in [0.25, 0.3) is 0 Å². The zero-order chi connectivity index (χ0) is 19.5. The lowest BCUT2D eigenvalue weighted by molar-refractivity contribution is -0.124. The summed E-state index contributed by atoms with van der Waals surface area (Å²) in [7, 11) is -0.0527. The van der Waals surface area contributed by atoms with E-state index in [2.05, 4.69) is 5.32 Å². The first-order valence-corrected chi connectivity index (χ1v) is 10.8. The molecule has 1 fully saturated rings.